The minimum absolute atomic E-state index is 0.564. The highest BCUT2D eigenvalue weighted by Crippen LogP contribution is 2.18. The molecule has 0 bridgehead atoms. The number of H-pyrrole nitrogens is 1. The number of guanidine groups is 1. The molecule has 2 aromatic carbocycles. The van der Waals surface area contributed by atoms with Gasteiger partial charge in [0.05, 0.1) is 29.0 Å². The summed E-state index contributed by atoms with van der Waals surface area (Å²) in [5.74, 6) is 1.77. The average Bonchev–Trinajstić information content (AvgIpc) is 3.34. The lowest BCUT2D eigenvalue weighted by atomic mass is 10.2. The van der Waals surface area contributed by atoms with Gasteiger partial charge in [-0.05, 0) is 50.6 Å². The van der Waals surface area contributed by atoms with Crippen LogP contribution in [0, 0.1) is 13.8 Å². The van der Waals surface area contributed by atoms with Gasteiger partial charge in [0.2, 0.25) is 0 Å². The van der Waals surface area contributed by atoms with Gasteiger partial charge in [-0.25, -0.2) is 14.7 Å². The van der Waals surface area contributed by atoms with E-state index in [0.717, 1.165) is 65.0 Å². The Bertz CT molecular complexity index is 1150. The van der Waals surface area contributed by atoms with Crippen LogP contribution in [0.4, 0.5) is 0 Å². The third-order valence-corrected chi connectivity index (χ3v) is 5.07. The molecule has 2 heterocycles. The molecule has 0 saturated carbocycles. The lowest BCUT2D eigenvalue weighted by molar-refractivity contribution is 0.776. The molecule has 0 fully saturated rings. The third kappa shape index (κ3) is 4.94. The minimum Gasteiger partial charge on any atom is -0.357 e. The molecule has 31 heavy (non-hydrogen) atoms. The summed E-state index contributed by atoms with van der Waals surface area (Å²) in [7, 11) is 0. The molecule has 0 aliphatic rings. The molecule has 0 spiro atoms. The Labute approximate surface area is 182 Å². The van der Waals surface area contributed by atoms with E-state index in [0.29, 0.717) is 6.54 Å². The van der Waals surface area contributed by atoms with E-state index < -0.39 is 0 Å². The van der Waals surface area contributed by atoms with Crippen molar-refractivity contribution in [3.05, 3.63) is 77.4 Å². The summed E-state index contributed by atoms with van der Waals surface area (Å²) in [6.45, 7) is 8.26. The standard InChI is InChI=1S/C24H29N7/c1-4-25-24(26-14-13-23-28-20-10-6-7-11-21(20)29-23)27-16-19-9-5-8-12-22(19)31-18(3)15-17(2)30-31/h5-12,15H,4,13-14,16H2,1-3H3,(H,28,29)(H2,25,26,27). The van der Waals surface area contributed by atoms with Crippen molar-refractivity contribution < 1.29 is 0 Å². The number of rotatable bonds is 7. The number of nitrogens with one attached hydrogen (secondary N) is 3. The fourth-order valence-corrected chi connectivity index (χ4v) is 3.65. The van der Waals surface area contributed by atoms with Crippen molar-refractivity contribution in [1.82, 2.24) is 30.4 Å². The highest BCUT2D eigenvalue weighted by molar-refractivity contribution is 5.80. The van der Waals surface area contributed by atoms with Crippen LogP contribution in [0.2, 0.25) is 0 Å². The summed E-state index contributed by atoms with van der Waals surface area (Å²) < 4.78 is 1.99. The molecule has 0 aliphatic heterocycles. The highest BCUT2D eigenvalue weighted by atomic mass is 15.3. The first-order chi connectivity index (χ1) is 15.1. The first-order valence-corrected chi connectivity index (χ1v) is 10.7. The topological polar surface area (TPSA) is 82.9 Å². The van der Waals surface area contributed by atoms with E-state index >= 15 is 0 Å². The number of benzene rings is 2. The van der Waals surface area contributed by atoms with Gasteiger partial charge in [0.1, 0.15) is 5.82 Å². The molecule has 2 aromatic heterocycles. The van der Waals surface area contributed by atoms with Crippen LogP contribution in [0.1, 0.15) is 29.7 Å². The van der Waals surface area contributed by atoms with E-state index in [9.17, 15) is 0 Å². The first-order valence-electron chi connectivity index (χ1n) is 10.7. The first kappa shape index (κ1) is 20.7. The lowest BCUT2D eigenvalue weighted by Crippen LogP contribution is -2.38. The van der Waals surface area contributed by atoms with Crippen LogP contribution in [-0.2, 0) is 13.0 Å². The molecule has 0 unspecified atom stereocenters. The molecule has 0 aliphatic carbocycles. The molecule has 160 valence electrons. The van der Waals surface area contributed by atoms with E-state index in [-0.39, 0.29) is 0 Å². The van der Waals surface area contributed by atoms with E-state index in [1.54, 1.807) is 0 Å². The number of nitrogens with zero attached hydrogens (tertiary/aromatic N) is 4. The number of aromatic nitrogens is 4. The lowest BCUT2D eigenvalue weighted by Gasteiger charge is -2.13. The fraction of sp³-hybridized carbons (Fsp3) is 0.292. The highest BCUT2D eigenvalue weighted by Gasteiger charge is 2.09. The molecular formula is C24H29N7. The summed E-state index contributed by atoms with van der Waals surface area (Å²) in [6.07, 6.45) is 0.793. The van der Waals surface area contributed by atoms with Gasteiger partial charge in [-0.15, -0.1) is 0 Å². The fourth-order valence-electron chi connectivity index (χ4n) is 3.65. The van der Waals surface area contributed by atoms with Crippen LogP contribution >= 0.6 is 0 Å². The second kappa shape index (κ2) is 9.47. The zero-order valence-corrected chi connectivity index (χ0v) is 18.3. The number of aromatic amines is 1. The van der Waals surface area contributed by atoms with Gasteiger partial charge in [0, 0.05) is 25.2 Å². The number of hydrogen-bond acceptors (Lipinski definition) is 3. The molecule has 0 atom stereocenters. The maximum absolute atomic E-state index is 4.80. The van der Waals surface area contributed by atoms with Gasteiger partial charge in [0.25, 0.3) is 0 Å². The van der Waals surface area contributed by atoms with Gasteiger partial charge in [-0.2, -0.15) is 5.10 Å². The molecule has 7 nitrogen and oxygen atoms in total. The number of aryl methyl sites for hydroxylation is 2. The van der Waals surface area contributed by atoms with Crippen molar-refractivity contribution in [2.45, 2.75) is 33.7 Å². The summed E-state index contributed by atoms with van der Waals surface area (Å²) in [5.41, 5.74) is 6.39. The van der Waals surface area contributed by atoms with E-state index in [2.05, 4.69) is 57.7 Å². The Balaban J connectivity index is 1.44. The molecule has 7 heteroatoms. The number of fused-ring (bicyclic) bond motifs is 1. The molecule has 0 saturated heterocycles. The second-order valence-electron chi connectivity index (χ2n) is 7.54. The van der Waals surface area contributed by atoms with Crippen LogP contribution in [0.3, 0.4) is 0 Å². The normalized spacial score (nSPS) is 11.8. The molecule has 0 radical (unpaired) electrons. The Hall–Kier alpha value is -3.61. The van der Waals surface area contributed by atoms with Crippen molar-refractivity contribution >= 4 is 17.0 Å². The van der Waals surface area contributed by atoms with Crippen LogP contribution in [0.15, 0.2) is 59.6 Å². The van der Waals surface area contributed by atoms with Gasteiger partial charge in [0.15, 0.2) is 5.96 Å². The van der Waals surface area contributed by atoms with Crippen molar-refractivity contribution in [1.29, 1.82) is 0 Å². The van der Waals surface area contributed by atoms with Crippen LogP contribution in [-0.4, -0.2) is 38.8 Å². The Morgan fingerprint density at radius 2 is 1.87 bits per heavy atom. The average molecular weight is 416 g/mol. The van der Waals surface area contributed by atoms with Crippen molar-refractivity contribution in [3.8, 4) is 5.69 Å². The summed E-state index contributed by atoms with van der Waals surface area (Å²) in [5, 5.41) is 11.4. The molecular weight excluding hydrogens is 386 g/mol. The maximum atomic E-state index is 4.80. The number of hydrogen-bond donors (Lipinski definition) is 3. The van der Waals surface area contributed by atoms with E-state index in [4.69, 9.17) is 4.99 Å². The summed E-state index contributed by atoms with van der Waals surface area (Å²) in [4.78, 5) is 12.8. The van der Waals surface area contributed by atoms with Gasteiger partial charge in [-0.3, -0.25) is 0 Å². The van der Waals surface area contributed by atoms with Crippen molar-refractivity contribution in [2.75, 3.05) is 13.1 Å². The number of aliphatic imine (C=N–C) groups is 1. The predicted octanol–water partition coefficient (Wildman–Crippen LogP) is 3.66. The minimum atomic E-state index is 0.564. The molecule has 0 amide bonds. The molecule has 4 aromatic rings. The molecule has 3 N–H and O–H groups in total. The largest absolute Gasteiger partial charge is 0.357 e. The second-order valence-corrected chi connectivity index (χ2v) is 7.54. The summed E-state index contributed by atoms with van der Waals surface area (Å²) >= 11 is 0. The number of para-hydroxylation sites is 3. The quantitative estimate of drug-likeness (QED) is 0.318. The van der Waals surface area contributed by atoms with Crippen LogP contribution in [0.25, 0.3) is 16.7 Å². The summed E-state index contributed by atoms with van der Waals surface area (Å²) in [6, 6.07) is 18.5. The van der Waals surface area contributed by atoms with Crippen molar-refractivity contribution in [3.63, 3.8) is 0 Å². The van der Waals surface area contributed by atoms with Crippen LogP contribution < -0.4 is 10.6 Å². The molecule has 4 rings (SSSR count). The SMILES string of the molecule is CCNC(=NCc1ccccc1-n1nc(C)cc1C)NCCc1nc2ccccc2[nH]1. The van der Waals surface area contributed by atoms with Crippen molar-refractivity contribution in [2.24, 2.45) is 4.99 Å². The maximum Gasteiger partial charge on any atom is 0.191 e. The predicted molar refractivity (Wildman–Crippen MR) is 126 cm³/mol. The van der Waals surface area contributed by atoms with Crippen LogP contribution in [0.5, 0.6) is 0 Å². The van der Waals surface area contributed by atoms with E-state index in [1.807, 2.05) is 48.0 Å². The Kier molecular flexibility index (Phi) is 6.31. The monoisotopic (exact) mass is 415 g/mol. The zero-order chi connectivity index (χ0) is 21.6. The van der Waals surface area contributed by atoms with E-state index in [1.165, 1.54) is 0 Å². The smallest absolute Gasteiger partial charge is 0.191 e. The Morgan fingerprint density at radius 1 is 1.06 bits per heavy atom. The Morgan fingerprint density at radius 3 is 2.65 bits per heavy atom. The van der Waals surface area contributed by atoms with Gasteiger partial charge >= 0.3 is 0 Å². The van der Waals surface area contributed by atoms with Gasteiger partial charge < -0.3 is 15.6 Å². The third-order valence-electron chi connectivity index (χ3n) is 5.07. The van der Waals surface area contributed by atoms with Gasteiger partial charge in [-0.1, -0.05) is 30.3 Å². The zero-order valence-electron chi connectivity index (χ0n) is 18.3. The number of imidazole rings is 1.